The summed E-state index contributed by atoms with van der Waals surface area (Å²) in [6.45, 7) is 7.63. The van der Waals surface area contributed by atoms with Crippen molar-refractivity contribution < 1.29 is 19.3 Å². The van der Waals surface area contributed by atoms with Crippen LogP contribution in [0.4, 0.5) is 22.7 Å². The van der Waals surface area contributed by atoms with E-state index in [4.69, 9.17) is 23.8 Å². The summed E-state index contributed by atoms with van der Waals surface area (Å²) in [4.78, 5) is 60.7. The highest BCUT2D eigenvalue weighted by atomic mass is 35.5. The van der Waals surface area contributed by atoms with Crippen LogP contribution >= 0.6 is 46.9 Å². The van der Waals surface area contributed by atoms with E-state index in [2.05, 4.69) is 10.3 Å². The molecular formula is C41H30ClN5O5S3. The Bertz CT molecular complexity index is 2520. The number of nitrogens with one attached hydrogen (secondary N) is 1. The molecule has 1 saturated heterocycles. The fraction of sp³-hybridized carbons (Fsp3) is 0.0976. The van der Waals surface area contributed by atoms with Crippen LogP contribution in [0.15, 0.2) is 112 Å². The number of thiocarbonyl (C=S) groups is 1. The molecule has 1 aliphatic rings. The molecule has 0 saturated carbocycles. The van der Waals surface area contributed by atoms with Gasteiger partial charge in [-0.1, -0.05) is 41.6 Å². The molecule has 1 aromatic heterocycles. The van der Waals surface area contributed by atoms with Gasteiger partial charge >= 0.3 is 0 Å². The van der Waals surface area contributed by atoms with Crippen molar-refractivity contribution in [2.24, 2.45) is 0 Å². The highest BCUT2D eigenvalue weighted by molar-refractivity contribution is 8.01. The first kappa shape index (κ1) is 37.6. The number of benzene rings is 5. The molecule has 2 heterocycles. The lowest BCUT2D eigenvalue weighted by molar-refractivity contribution is -0.387. The van der Waals surface area contributed by atoms with Crippen LogP contribution in [0.2, 0.25) is 5.02 Å². The fourth-order valence-electron chi connectivity index (χ4n) is 6.29. The van der Waals surface area contributed by atoms with Crippen LogP contribution in [0.5, 0.6) is 0 Å². The molecule has 0 atom stereocenters. The molecule has 0 bridgehead atoms. The zero-order valence-electron chi connectivity index (χ0n) is 29.7. The van der Waals surface area contributed by atoms with Gasteiger partial charge in [-0.05, 0) is 147 Å². The first-order valence-corrected chi connectivity index (χ1v) is 19.2. The molecule has 0 radical (unpaired) electrons. The molecule has 55 heavy (non-hydrogen) atoms. The number of nitro benzene ring substituents is 1. The van der Waals surface area contributed by atoms with Gasteiger partial charge in [0.25, 0.3) is 23.4 Å². The van der Waals surface area contributed by atoms with Crippen LogP contribution in [-0.2, 0) is 9.59 Å². The number of amides is 3. The number of thiazole rings is 1. The van der Waals surface area contributed by atoms with Crippen molar-refractivity contribution in [2.45, 2.75) is 36.9 Å². The van der Waals surface area contributed by atoms with Gasteiger partial charge in [0.05, 0.1) is 31.4 Å². The van der Waals surface area contributed by atoms with Crippen LogP contribution in [0.1, 0.15) is 38.2 Å². The molecular weight excluding hydrogens is 774 g/mol. The van der Waals surface area contributed by atoms with Crippen LogP contribution in [0.25, 0.3) is 16.3 Å². The zero-order chi connectivity index (χ0) is 39.1. The second-order valence-corrected chi connectivity index (χ2v) is 16.1. The number of aromatic nitrogens is 1. The Morgan fingerprint density at radius 2 is 1.42 bits per heavy atom. The molecule has 7 rings (SSSR count). The molecule has 1 fully saturated rings. The van der Waals surface area contributed by atoms with Crippen LogP contribution < -0.4 is 15.1 Å². The van der Waals surface area contributed by atoms with E-state index in [9.17, 15) is 24.5 Å². The van der Waals surface area contributed by atoms with E-state index in [0.29, 0.717) is 42.4 Å². The van der Waals surface area contributed by atoms with Gasteiger partial charge < -0.3 is 5.32 Å². The third-order valence-corrected chi connectivity index (χ3v) is 11.4. The van der Waals surface area contributed by atoms with Crippen molar-refractivity contribution >= 4 is 109 Å². The molecule has 1 N–H and O–H groups in total. The Balaban J connectivity index is 1.21. The number of hydrogen-bond donors (Lipinski definition) is 1. The van der Waals surface area contributed by atoms with Gasteiger partial charge in [0.1, 0.15) is 5.57 Å². The summed E-state index contributed by atoms with van der Waals surface area (Å²) >= 11 is 14.2. The average Bonchev–Trinajstić information content (AvgIpc) is 3.51. The molecule has 3 amide bonds. The number of nitro groups is 1. The third-order valence-electron chi connectivity index (χ3n) is 8.60. The number of rotatable bonds is 8. The summed E-state index contributed by atoms with van der Waals surface area (Å²) in [5.41, 5.74) is 6.17. The minimum absolute atomic E-state index is 0.00627. The normalized spacial score (nSPS) is 13.1. The van der Waals surface area contributed by atoms with Gasteiger partial charge in [-0.3, -0.25) is 34.3 Å². The minimum atomic E-state index is -0.639. The Labute approximate surface area is 334 Å². The predicted molar refractivity (Wildman–Crippen MR) is 224 cm³/mol. The summed E-state index contributed by atoms with van der Waals surface area (Å²) in [6.07, 6.45) is 1.37. The van der Waals surface area contributed by atoms with Crippen molar-refractivity contribution in [3.8, 4) is 0 Å². The summed E-state index contributed by atoms with van der Waals surface area (Å²) in [5, 5.41) is 15.8. The topological polar surface area (TPSA) is 126 Å². The molecule has 1 aliphatic heterocycles. The van der Waals surface area contributed by atoms with Crippen LogP contribution in [-0.4, -0.2) is 32.7 Å². The largest absolute Gasteiger partial charge is 0.322 e. The predicted octanol–water partition coefficient (Wildman–Crippen LogP) is 10.2. The molecule has 0 aliphatic carbocycles. The molecule has 0 unspecified atom stereocenters. The van der Waals surface area contributed by atoms with Crippen molar-refractivity contribution in [3.63, 3.8) is 0 Å². The van der Waals surface area contributed by atoms with Crippen molar-refractivity contribution in [3.05, 3.63) is 151 Å². The number of fused-ring (bicyclic) bond motifs is 1. The molecule has 0 spiro atoms. The second-order valence-electron chi connectivity index (χ2n) is 13.0. The van der Waals surface area contributed by atoms with E-state index in [-0.39, 0.29) is 27.8 Å². The SMILES string of the molecule is Cc1cc(C)cc(N2C(=O)C(=Cc3ccc(Sc4nc5ccc(NC(=O)c6ccc(Cl)cc6)cc5s4)c([N+](=O)[O-])c3)C(=O)N(c3cc(C)cc(C)c3)C2=S)c1. The third kappa shape index (κ3) is 7.91. The van der Waals surface area contributed by atoms with Crippen molar-refractivity contribution in [2.75, 3.05) is 15.1 Å². The van der Waals surface area contributed by atoms with Crippen molar-refractivity contribution in [1.29, 1.82) is 0 Å². The molecule has 274 valence electrons. The number of carbonyl (C=O) groups excluding carboxylic acids is 3. The maximum Gasteiger partial charge on any atom is 0.283 e. The van der Waals surface area contributed by atoms with Crippen LogP contribution in [0.3, 0.4) is 0 Å². The Hall–Kier alpha value is -5.73. The average molecular weight is 804 g/mol. The standard InChI is InChI=1S/C41H30ClN5O5S3/c1-22-13-23(2)16-30(15-22)45-38(49)32(39(50)46(41(45)53)31-17-24(3)14-25(4)18-31)19-26-5-12-35(34(20-26)47(51)52)54-40-44-33-11-10-29(21-36(33)55-40)43-37(48)27-6-8-28(42)9-7-27/h5-21H,1-4H3,(H,43,48). The number of nitrogens with zero attached hydrogens (tertiary/aromatic N) is 4. The summed E-state index contributed by atoms with van der Waals surface area (Å²) in [7, 11) is 0. The Kier molecular flexibility index (Phi) is 10.4. The van der Waals surface area contributed by atoms with E-state index >= 15 is 0 Å². The van der Waals surface area contributed by atoms with Gasteiger partial charge in [-0.25, -0.2) is 4.98 Å². The van der Waals surface area contributed by atoms with Gasteiger partial charge in [0.15, 0.2) is 9.45 Å². The number of hydrogen-bond acceptors (Lipinski definition) is 9. The lowest BCUT2D eigenvalue weighted by atomic mass is 10.0. The molecule has 10 nitrogen and oxygen atoms in total. The van der Waals surface area contributed by atoms with Gasteiger partial charge in [-0.2, -0.15) is 0 Å². The summed E-state index contributed by atoms with van der Waals surface area (Å²) in [6, 6.07) is 27.6. The van der Waals surface area contributed by atoms with E-state index in [0.717, 1.165) is 38.7 Å². The minimum Gasteiger partial charge on any atom is -0.322 e. The quantitative estimate of drug-likeness (QED) is 0.0530. The number of halogens is 1. The smallest absolute Gasteiger partial charge is 0.283 e. The first-order chi connectivity index (χ1) is 26.2. The van der Waals surface area contributed by atoms with E-state index < -0.39 is 16.7 Å². The number of carbonyl (C=O) groups is 3. The highest BCUT2D eigenvalue weighted by Gasteiger charge is 2.41. The molecule has 14 heteroatoms. The Morgan fingerprint density at radius 1 is 0.836 bits per heavy atom. The van der Waals surface area contributed by atoms with E-state index in [1.54, 1.807) is 54.6 Å². The Morgan fingerprint density at radius 3 is 1.98 bits per heavy atom. The van der Waals surface area contributed by atoms with Crippen molar-refractivity contribution in [1.82, 2.24) is 4.98 Å². The van der Waals surface area contributed by atoms with E-state index in [1.165, 1.54) is 33.3 Å². The van der Waals surface area contributed by atoms with Gasteiger partial charge in [0.2, 0.25) is 0 Å². The van der Waals surface area contributed by atoms with Gasteiger partial charge in [-0.15, -0.1) is 11.3 Å². The molecule has 6 aromatic rings. The maximum absolute atomic E-state index is 14.2. The summed E-state index contributed by atoms with van der Waals surface area (Å²) < 4.78 is 1.32. The lowest BCUT2D eigenvalue weighted by Crippen LogP contribution is -2.57. The second kappa shape index (κ2) is 15.2. The number of anilines is 3. The maximum atomic E-state index is 14.2. The monoisotopic (exact) mass is 803 g/mol. The van der Waals surface area contributed by atoms with Gasteiger partial charge in [0, 0.05) is 22.3 Å². The molecule has 5 aromatic carbocycles. The number of aryl methyl sites for hydroxylation is 4. The lowest BCUT2D eigenvalue weighted by Gasteiger charge is -2.37. The zero-order valence-corrected chi connectivity index (χ0v) is 33.0. The first-order valence-electron chi connectivity index (χ1n) is 16.8. The summed E-state index contributed by atoms with van der Waals surface area (Å²) in [5.74, 6) is -1.57. The van der Waals surface area contributed by atoms with E-state index in [1.807, 2.05) is 64.1 Å². The fourth-order valence-corrected chi connectivity index (χ4v) is 8.94. The van der Waals surface area contributed by atoms with Crippen LogP contribution in [0, 0.1) is 37.8 Å². The highest BCUT2D eigenvalue weighted by Crippen LogP contribution is 2.40.